The van der Waals surface area contributed by atoms with E-state index in [1.54, 1.807) is 17.5 Å². The zero-order valence-corrected chi connectivity index (χ0v) is 12.4. The molecule has 3 rings (SSSR count). The first-order valence-electron chi connectivity index (χ1n) is 6.71. The van der Waals surface area contributed by atoms with Crippen molar-refractivity contribution >= 4 is 22.2 Å². The molecule has 2 aromatic heterocycles. The first-order chi connectivity index (χ1) is 9.66. The maximum atomic E-state index is 6.40. The van der Waals surface area contributed by atoms with Crippen LogP contribution in [0.1, 0.15) is 42.1 Å². The van der Waals surface area contributed by atoms with Crippen LogP contribution < -0.4 is 5.73 Å². The third kappa shape index (κ3) is 2.32. The van der Waals surface area contributed by atoms with Gasteiger partial charge in [0.1, 0.15) is 5.01 Å². The SMILES string of the molecule is CC(C)c1csc(C(N)c2cccc3cccnc23)n1. The van der Waals surface area contributed by atoms with E-state index in [0.29, 0.717) is 5.92 Å². The highest BCUT2D eigenvalue weighted by atomic mass is 32.1. The molecule has 0 radical (unpaired) electrons. The van der Waals surface area contributed by atoms with Crippen LogP contribution in [-0.4, -0.2) is 9.97 Å². The van der Waals surface area contributed by atoms with Crippen LogP contribution in [0.15, 0.2) is 41.9 Å². The number of aromatic nitrogens is 2. The maximum Gasteiger partial charge on any atom is 0.114 e. The zero-order valence-electron chi connectivity index (χ0n) is 11.6. The third-order valence-corrected chi connectivity index (χ3v) is 4.34. The molecule has 0 spiro atoms. The summed E-state index contributed by atoms with van der Waals surface area (Å²) in [7, 11) is 0. The van der Waals surface area contributed by atoms with E-state index in [1.165, 1.54) is 0 Å². The van der Waals surface area contributed by atoms with Gasteiger partial charge in [0.15, 0.2) is 0 Å². The predicted octanol–water partition coefficient (Wildman–Crippen LogP) is 3.86. The van der Waals surface area contributed by atoms with Crippen LogP contribution in [-0.2, 0) is 0 Å². The molecule has 0 fully saturated rings. The molecule has 0 saturated heterocycles. The van der Waals surface area contributed by atoms with Gasteiger partial charge < -0.3 is 5.73 Å². The Hall–Kier alpha value is -1.78. The number of rotatable bonds is 3. The van der Waals surface area contributed by atoms with Crippen molar-refractivity contribution in [3.05, 3.63) is 58.2 Å². The molecule has 20 heavy (non-hydrogen) atoms. The van der Waals surface area contributed by atoms with Gasteiger partial charge in [0.05, 0.1) is 17.3 Å². The Morgan fingerprint density at radius 1 is 1.15 bits per heavy atom. The van der Waals surface area contributed by atoms with Gasteiger partial charge in [-0.05, 0) is 12.0 Å². The van der Waals surface area contributed by atoms with Gasteiger partial charge in [-0.1, -0.05) is 38.1 Å². The number of pyridine rings is 1. The second-order valence-electron chi connectivity index (χ2n) is 5.17. The highest BCUT2D eigenvalue weighted by Gasteiger charge is 2.17. The Bertz CT molecular complexity index is 728. The van der Waals surface area contributed by atoms with Gasteiger partial charge in [-0.3, -0.25) is 4.98 Å². The first-order valence-corrected chi connectivity index (χ1v) is 7.59. The van der Waals surface area contributed by atoms with Crippen molar-refractivity contribution in [2.24, 2.45) is 5.73 Å². The first kappa shape index (κ1) is 13.2. The van der Waals surface area contributed by atoms with Crippen molar-refractivity contribution in [2.45, 2.75) is 25.8 Å². The van der Waals surface area contributed by atoms with Gasteiger partial charge in [0, 0.05) is 22.5 Å². The second-order valence-corrected chi connectivity index (χ2v) is 6.06. The van der Waals surface area contributed by atoms with Gasteiger partial charge >= 0.3 is 0 Å². The number of benzene rings is 1. The van der Waals surface area contributed by atoms with E-state index in [9.17, 15) is 0 Å². The Morgan fingerprint density at radius 2 is 1.95 bits per heavy atom. The molecule has 0 bridgehead atoms. The van der Waals surface area contributed by atoms with Crippen molar-refractivity contribution in [3.8, 4) is 0 Å². The highest BCUT2D eigenvalue weighted by Crippen LogP contribution is 2.29. The van der Waals surface area contributed by atoms with E-state index in [-0.39, 0.29) is 6.04 Å². The van der Waals surface area contributed by atoms with Gasteiger partial charge in [-0.25, -0.2) is 4.98 Å². The summed E-state index contributed by atoms with van der Waals surface area (Å²) in [6.45, 7) is 4.29. The number of thiazole rings is 1. The number of fused-ring (bicyclic) bond motifs is 1. The molecular weight excluding hydrogens is 266 g/mol. The molecular formula is C16H17N3S. The predicted molar refractivity (Wildman–Crippen MR) is 84.0 cm³/mol. The lowest BCUT2D eigenvalue weighted by Crippen LogP contribution is -2.12. The number of nitrogens with two attached hydrogens (primary N) is 1. The summed E-state index contributed by atoms with van der Waals surface area (Å²) in [5.74, 6) is 0.429. The van der Waals surface area contributed by atoms with Crippen LogP contribution in [0.5, 0.6) is 0 Å². The number of hydrogen-bond acceptors (Lipinski definition) is 4. The quantitative estimate of drug-likeness (QED) is 0.794. The lowest BCUT2D eigenvalue weighted by molar-refractivity contribution is 0.797. The summed E-state index contributed by atoms with van der Waals surface area (Å²) < 4.78 is 0. The summed E-state index contributed by atoms with van der Waals surface area (Å²) in [5.41, 5.74) is 9.51. The minimum atomic E-state index is -0.217. The maximum absolute atomic E-state index is 6.40. The molecule has 3 aromatic rings. The number of hydrogen-bond donors (Lipinski definition) is 1. The fourth-order valence-electron chi connectivity index (χ4n) is 2.22. The minimum Gasteiger partial charge on any atom is -0.318 e. The average Bonchev–Trinajstić information content (AvgIpc) is 2.96. The van der Waals surface area contributed by atoms with E-state index in [4.69, 9.17) is 5.73 Å². The van der Waals surface area contributed by atoms with Gasteiger partial charge in [-0.2, -0.15) is 0 Å². The summed E-state index contributed by atoms with van der Waals surface area (Å²) in [6, 6.07) is 9.90. The smallest absolute Gasteiger partial charge is 0.114 e. The fraction of sp³-hybridized carbons (Fsp3) is 0.250. The van der Waals surface area contributed by atoms with Crippen molar-refractivity contribution in [1.82, 2.24) is 9.97 Å². The fourth-order valence-corrected chi connectivity index (χ4v) is 3.22. The summed E-state index contributed by atoms with van der Waals surface area (Å²) >= 11 is 1.63. The molecule has 0 amide bonds. The Morgan fingerprint density at radius 3 is 2.70 bits per heavy atom. The van der Waals surface area contributed by atoms with Gasteiger partial charge in [0.2, 0.25) is 0 Å². The molecule has 3 nitrogen and oxygen atoms in total. The summed E-state index contributed by atoms with van der Waals surface area (Å²) in [5, 5.41) is 4.16. The van der Waals surface area contributed by atoms with Crippen LogP contribution in [0, 0.1) is 0 Å². The normalized spacial score (nSPS) is 13.0. The van der Waals surface area contributed by atoms with Gasteiger partial charge in [-0.15, -0.1) is 11.3 Å². The van der Waals surface area contributed by atoms with Crippen molar-refractivity contribution in [2.75, 3.05) is 0 Å². The van der Waals surface area contributed by atoms with Crippen LogP contribution in [0.2, 0.25) is 0 Å². The van der Waals surface area contributed by atoms with Crippen LogP contribution >= 0.6 is 11.3 Å². The third-order valence-electron chi connectivity index (χ3n) is 3.40. The topological polar surface area (TPSA) is 51.8 Å². The molecule has 1 atom stereocenters. The van der Waals surface area contributed by atoms with E-state index >= 15 is 0 Å². The molecule has 4 heteroatoms. The summed E-state index contributed by atoms with van der Waals surface area (Å²) in [6.07, 6.45) is 1.81. The average molecular weight is 283 g/mol. The molecule has 2 heterocycles. The molecule has 1 aromatic carbocycles. The van der Waals surface area contributed by atoms with Crippen molar-refractivity contribution in [1.29, 1.82) is 0 Å². The second kappa shape index (κ2) is 5.31. The molecule has 2 N–H and O–H groups in total. The lowest BCUT2D eigenvalue weighted by Gasteiger charge is -2.11. The number of nitrogens with zero attached hydrogens (tertiary/aromatic N) is 2. The lowest BCUT2D eigenvalue weighted by atomic mass is 10.0. The van der Waals surface area contributed by atoms with Crippen molar-refractivity contribution < 1.29 is 0 Å². The van der Waals surface area contributed by atoms with Crippen LogP contribution in [0.25, 0.3) is 10.9 Å². The molecule has 102 valence electrons. The van der Waals surface area contributed by atoms with Gasteiger partial charge in [0.25, 0.3) is 0 Å². The molecule has 0 saturated carbocycles. The highest BCUT2D eigenvalue weighted by molar-refractivity contribution is 7.09. The Labute approximate surface area is 122 Å². The standard InChI is InChI=1S/C16H17N3S/c1-10(2)13-9-20-16(19-13)14(17)12-7-3-5-11-6-4-8-18-15(11)12/h3-10,14H,17H2,1-2H3. The van der Waals surface area contributed by atoms with Crippen LogP contribution in [0.4, 0.5) is 0 Å². The van der Waals surface area contributed by atoms with Crippen LogP contribution in [0.3, 0.4) is 0 Å². The van der Waals surface area contributed by atoms with E-state index in [0.717, 1.165) is 27.2 Å². The van der Waals surface area contributed by atoms with E-state index < -0.39 is 0 Å². The van der Waals surface area contributed by atoms with E-state index in [2.05, 4.69) is 41.3 Å². The minimum absolute atomic E-state index is 0.217. The molecule has 0 aliphatic rings. The Balaban J connectivity index is 2.05. The largest absolute Gasteiger partial charge is 0.318 e. The van der Waals surface area contributed by atoms with Crippen molar-refractivity contribution in [3.63, 3.8) is 0 Å². The molecule has 0 aliphatic heterocycles. The zero-order chi connectivity index (χ0) is 14.1. The molecule has 1 unspecified atom stereocenters. The summed E-state index contributed by atoms with van der Waals surface area (Å²) in [4.78, 5) is 9.13. The number of para-hydroxylation sites is 1. The molecule has 0 aliphatic carbocycles. The van der Waals surface area contributed by atoms with E-state index in [1.807, 2.05) is 18.2 Å². The Kier molecular flexibility index (Phi) is 3.51. The monoisotopic (exact) mass is 283 g/mol.